The largest absolute Gasteiger partial charge is 0.504 e. The number of fused-ring (bicyclic) bond motifs is 1. The minimum absolute atomic E-state index is 0.0701. The van der Waals surface area contributed by atoms with Gasteiger partial charge in [-0.25, -0.2) is 14.8 Å². The molecule has 9 heteroatoms. The molecule has 194 valence electrons. The first-order valence-electron chi connectivity index (χ1n) is 12.6. The van der Waals surface area contributed by atoms with Crippen LogP contribution >= 0.6 is 0 Å². The van der Waals surface area contributed by atoms with Crippen LogP contribution < -0.4 is 10.6 Å². The fourth-order valence-corrected chi connectivity index (χ4v) is 4.33. The Kier molecular flexibility index (Phi) is 7.54. The molecule has 38 heavy (non-hydrogen) atoms. The van der Waals surface area contributed by atoms with Gasteiger partial charge in [0.05, 0.1) is 13.2 Å². The molecule has 2 aliphatic rings. The van der Waals surface area contributed by atoms with E-state index >= 15 is 0 Å². The molecule has 9 nitrogen and oxygen atoms in total. The van der Waals surface area contributed by atoms with Gasteiger partial charge in [-0.05, 0) is 55.8 Å². The van der Waals surface area contributed by atoms with E-state index in [9.17, 15) is 9.90 Å². The molecule has 0 unspecified atom stereocenters. The van der Waals surface area contributed by atoms with Crippen LogP contribution in [0.4, 0.5) is 17.4 Å². The van der Waals surface area contributed by atoms with Gasteiger partial charge >= 0.3 is 5.97 Å². The second kappa shape index (κ2) is 11.3. The quantitative estimate of drug-likeness (QED) is 0.335. The molecule has 0 atom stereocenters. The number of nitrogens with one attached hydrogen (secondary N) is 2. The van der Waals surface area contributed by atoms with E-state index in [1.807, 2.05) is 37.3 Å². The molecule has 0 spiro atoms. The Morgan fingerprint density at radius 3 is 2.95 bits per heavy atom. The third kappa shape index (κ3) is 5.47. The summed E-state index contributed by atoms with van der Waals surface area (Å²) < 4.78 is 11.1. The van der Waals surface area contributed by atoms with Crippen molar-refractivity contribution in [1.29, 1.82) is 0 Å². The van der Waals surface area contributed by atoms with E-state index in [4.69, 9.17) is 9.15 Å². The van der Waals surface area contributed by atoms with E-state index in [-0.39, 0.29) is 29.6 Å². The number of ether oxygens (including phenoxy) is 1. The van der Waals surface area contributed by atoms with E-state index in [1.54, 1.807) is 25.4 Å². The van der Waals surface area contributed by atoms with Crippen molar-refractivity contribution in [2.24, 2.45) is 4.99 Å². The maximum Gasteiger partial charge on any atom is 0.347 e. The van der Waals surface area contributed by atoms with Crippen LogP contribution in [0.1, 0.15) is 39.7 Å². The number of hydrogen-bond donors (Lipinski definition) is 3. The second-order valence-corrected chi connectivity index (χ2v) is 8.95. The van der Waals surface area contributed by atoms with Gasteiger partial charge in [-0.3, -0.25) is 4.90 Å². The summed E-state index contributed by atoms with van der Waals surface area (Å²) in [6, 6.07) is 9.45. The van der Waals surface area contributed by atoms with Crippen LogP contribution in [-0.4, -0.2) is 66.5 Å². The number of allylic oxidation sites excluding steroid dienone is 1. The molecule has 4 heterocycles. The number of benzene rings is 1. The number of nitrogens with zero attached hydrogens (tertiary/aromatic N) is 3. The van der Waals surface area contributed by atoms with Gasteiger partial charge in [0.15, 0.2) is 22.9 Å². The molecule has 3 N–H and O–H groups in total. The predicted molar refractivity (Wildman–Crippen MR) is 147 cm³/mol. The van der Waals surface area contributed by atoms with Crippen LogP contribution in [0, 0.1) is 18.8 Å². The summed E-state index contributed by atoms with van der Waals surface area (Å²) in [6.45, 7) is 8.54. The van der Waals surface area contributed by atoms with Crippen molar-refractivity contribution in [3.05, 3.63) is 64.5 Å². The number of aryl methyl sites for hydroxylation is 1. The van der Waals surface area contributed by atoms with Crippen molar-refractivity contribution in [2.75, 3.05) is 44.6 Å². The molecule has 0 saturated carbocycles. The van der Waals surface area contributed by atoms with Crippen molar-refractivity contribution in [3.8, 4) is 17.6 Å². The smallest absolute Gasteiger partial charge is 0.347 e. The van der Waals surface area contributed by atoms with Crippen molar-refractivity contribution in [2.45, 2.75) is 13.8 Å². The third-order valence-electron chi connectivity index (χ3n) is 6.32. The highest BCUT2D eigenvalue weighted by Crippen LogP contribution is 2.39. The SMILES string of the molecule is CCOC(=O)c1c(Nc2ccc(C#CCN3CCNCC3)cc2C)oc(C=C2C=Nc3ncccc32)c1O. The van der Waals surface area contributed by atoms with Crippen LogP contribution in [0.25, 0.3) is 11.6 Å². The average Bonchev–Trinajstić information content (AvgIpc) is 3.47. The van der Waals surface area contributed by atoms with Crippen LogP contribution in [0.3, 0.4) is 0 Å². The topological polar surface area (TPSA) is 112 Å². The number of aliphatic imine (C=N–C) groups is 1. The molecule has 2 aliphatic heterocycles. The van der Waals surface area contributed by atoms with E-state index in [2.05, 4.69) is 37.4 Å². The van der Waals surface area contributed by atoms with Gasteiger partial charge in [-0.1, -0.05) is 11.8 Å². The fourth-order valence-electron chi connectivity index (χ4n) is 4.33. The van der Waals surface area contributed by atoms with Crippen molar-refractivity contribution >= 4 is 41.2 Å². The van der Waals surface area contributed by atoms with Gasteiger partial charge in [-0.2, -0.15) is 0 Å². The minimum atomic E-state index is -0.684. The van der Waals surface area contributed by atoms with E-state index in [0.29, 0.717) is 17.1 Å². The fraction of sp³-hybridized carbons (Fsp3) is 0.276. The van der Waals surface area contributed by atoms with Gasteiger partial charge in [0.1, 0.15) is 0 Å². The van der Waals surface area contributed by atoms with E-state index < -0.39 is 5.97 Å². The van der Waals surface area contributed by atoms with E-state index in [1.165, 1.54) is 0 Å². The summed E-state index contributed by atoms with van der Waals surface area (Å²) in [5.41, 5.74) is 3.97. The molecule has 0 amide bonds. The molecular weight excluding hydrogens is 482 g/mol. The molecular formula is C29H29N5O4. The van der Waals surface area contributed by atoms with Gasteiger partial charge in [0.2, 0.25) is 5.88 Å². The molecule has 1 aromatic carbocycles. The predicted octanol–water partition coefficient (Wildman–Crippen LogP) is 4.12. The molecule has 0 radical (unpaired) electrons. The molecule has 2 aromatic heterocycles. The summed E-state index contributed by atoms with van der Waals surface area (Å²) in [7, 11) is 0. The number of aromatic nitrogens is 1. The van der Waals surface area contributed by atoms with Crippen molar-refractivity contribution in [3.63, 3.8) is 0 Å². The summed E-state index contributed by atoms with van der Waals surface area (Å²) in [4.78, 5) is 23.6. The lowest BCUT2D eigenvalue weighted by molar-refractivity contribution is 0.0524. The number of pyridine rings is 1. The number of hydrogen-bond acceptors (Lipinski definition) is 9. The Hall–Kier alpha value is -4.39. The first-order chi connectivity index (χ1) is 18.5. The maximum absolute atomic E-state index is 12.7. The Morgan fingerprint density at radius 2 is 2.16 bits per heavy atom. The zero-order valence-corrected chi connectivity index (χ0v) is 21.4. The first kappa shape index (κ1) is 25.3. The van der Waals surface area contributed by atoms with Gasteiger partial charge in [0.25, 0.3) is 0 Å². The first-order valence-corrected chi connectivity index (χ1v) is 12.6. The zero-order chi connectivity index (χ0) is 26.5. The van der Waals surface area contributed by atoms with Crippen LogP contribution in [0.15, 0.2) is 45.9 Å². The third-order valence-corrected chi connectivity index (χ3v) is 6.32. The van der Waals surface area contributed by atoms with Gasteiger partial charge < -0.3 is 24.9 Å². The Morgan fingerprint density at radius 1 is 1.32 bits per heavy atom. The number of esters is 1. The van der Waals surface area contributed by atoms with Gasteiger partial charge in [-0.15, -0.1) is 0 Å². The Labute approximate surface area is 221 Å². The van der Waals surface area contributed by atoms with Gasteiger partial charge in [0, 0.05) is 61.0 Å². The highest BCUT2D eigenvalue weighted by molar-refractivity contribution is 6.21. The number of carbonyl (C=O) groups is 1. The molecule has 0 bridgehead atoms. The molecule has 1 saturated heterocycles. The average molecular weight is 512 g/mol. The lowest BCUT2D eigenvalue weighted by Gasteiger charge is -2.24. The number of rotatable bonds is 6. The summed E-state index contributed by atoms with van der Waals surface area (Å²) in [5.74, 6) is 6.28. The second-order valence-electron chi connectivity index (χ2n) is 8.95. The summed E-state index contributed by atoms with van der Waals surface area (Å²) >= 11 is 0. The van der Waals surface area contributed by atoms with Crippen LogP contribution in [0.2, 0.25) is 0 Å². The molecule has 5 rings (SSSR count). The standard InChI is InChI=1S/C29H29N5O4/c1-3-37-29(36)25-26(35)24(17-21-18-32-27-22(21)7-4-10-31-27)38-28(25)33-23-9-8-20(16-19(23)2)6-5-13-34-14-11-30-12-15-34/h4,7-10,16-18,30,33,35H,3,11-15H2,1-2H3. The number of carbonyl (C=O) groups excluding carboxylic acids is 1. The summed E-state index contributed by atoms with van der Waals surface area (Å²) in [5, 5.41) is 17.4. The zero-order valence-electron chi connectivity index (χ0n) is 21.4. The molecule has 1 fully saturated rings. The lowest BCUT2D eigenvalue weighted by atomic mass is 10.1. The van der Waals surface area contributed by atoms with Crippen LogP contribution in [0.5, 0.6) is 5.75 Å². The molecule has 3 aromatic rings. The number of piperazine rings is 1. The molecule has 0 aliphatic carbocycles. The van der Waals surface area contributed by atoms with E-state index in [0.717, 1.165) is 49.4 Å². The highest BCUT2D eigenvalue weighted by atomic mass is 16.5. The van der Waals surface area contributed by atoms with Crippen molar-refractivity contribution in [1.82, 2.24) is 15.2 Å². The summed E-state index contributed by atoms with van der Waals surface area (Å²) in [6.07, 6.45) is 4.93. The van der Waals surface area contributed by atoms with Crippen LogP contribution in [-0.2, 0) is 4.74 Å². The Bertz CT molecular complexity index is 1470. The number of aromatic hydroxyl groups is 1. The monoisotopic (exact) mass is 511 g/mol. The number of anilines is 2. The van der Waals surface area contributed by atoms with Crippen molar-refractivity contribution < 1.29 is 19.1 Å². The Balaban J connectivity index is 1.40. The normalized spacial score (nSPS) is 15.7. The lowest BCUT2D eigenvalue weighted by Crippen LogP contribution is -2.43. The maximum atomic E-state index is 12.7. The number of furan rings is 1. The minimum Gasteiger partial charge on any atom is -0.504 e. The highest BCUT2D eigenvalue weighted by Gasteiger charge is 2.27.